The number of rotatable bonds is 8. The lowest BCUT2D eigenvalue weighted by atomic mass is 9.91. The number of aromatic amines is 2. The molecule has 0 bridgehead atoms. The number of fused-ring (bicyclic) bond motifs is 1. The minimum absolute atomic E-state index is 0.0299. The lowest BCUT2D eigenvalue weighted by Gasteiger charge is -2.23. The van der Waals surface area contributed by atoms with Crippen LogP contribution < -0.4 is 4.74 Å². The number of aliphatic hydroxyl groups is 1. The molecule has 0 spiro atoms. The van der Waals surface area contributed by atoms with Crippen LogP contribution in [0.1, 0.15) is 30.2 Å². The fraction of sp³-hybridized carbons (Fsp3) is 0.143. The quantitative estimate of drug-likeness (QED) is 0.176. The van der Waals surface area contributed by atoms with Crippen molar-refractivity contribution in [1.82, 2.24) is 15.0 Å². The van der Waals surface area contributed by atoms with Crippen LogP contribution in [-0.2, 0) is 16.8 Å². The van der Waals surface area contributed by atoms with E-state index in [-0.39, 0.29) is 52.1 Å². The van der Waals surface area contributed by atoms with Gasteiger partial charge < -0.3 is 24.9 Å². The Labute approximate surface area is 218 Å². The molecule has 1 unspecified atom stereocenters. The summed E-state index contributed by atoms with van der Waals surface area (Å²) in [6, 6.07) is 9.70. The Kier molecular flexibility index (Phi) is 6.61. The van der Waals surface area contributed by atoms with Crippen LogP contribution in [-0.4, -0.2) is 31.1 Å². The van der Waals surface area contributed by atoms with Crippen molar-refractivity contribution in [3.05, 3.63) is 101 Å². The van der Waals surface area contributed by atoms with Crippen molar-refractivity contribution in [3.63, 3.8) is 0 Å². The number of aromatic nitrogens is 3. The number of nitrogens with zero attached hydrogens (tertiary/aromatic N) is 1. The molecular formula is C28H21F4N3O4. The molecule has 0 radical (unpaired) electrons. The summed E-state index contributed by atoms with van der Waals surface area (Å²) in [7, 11) is 0. The number of aliphatic carboxylic acids is 1. The Morgan fingerprint density at radius 1 is 1.05 bits per heavy atom. The first-order chi connectivity index (χ1) is 18.5. The fourth-order valence-corrected chi connectivity index (χ4v) is 4.26. The normalized spacial score (nSPS) is 13.0. The van der Waals surface area contributed by atoms with E-state index >= 15 is 0 Å². The zero-order valence-electron chi connectivity index (χ0n) is 20.4. The number of aryl methyl sites for hydroxylation is 1. The fourth-order valence-electron chi connectivity index (χ4n) is 4.26. The van der Waals surface area contributed by atoms with Gasteiger partial charge >= 0.3 is 5.97 Å². The van der Waals surface area contributed by atoms with E-state index in [0.29, 0.717) is 5.56 Å². The maximum absolute atomic E-state index is 14.8. The van der Waals surface area contributed by atoms with Crippen molar-refractivity contribution < 1.29 is 37.3 Å². The second-order valence-electron chi connectivity index (χ2n) is 9.14. The highest BCUT2D eigenvalue weighted by atomic mass is 19.1. The molecule has 4 N–H and O–H groups in total. The van der Waals surface area contributed by atoms with Crippen LogP contribution in [0.3, 0.4) is 0 Å². The zero-order chi connectivity index (χ0) is 27.9. The molecule has 2 heterocycles. The van der Waals surface area contributed by atoms with Gasteiger partial charge in [-0.3, -0.25) is 4.79 Å². The SMILES string of the molecule is CC(O)(c1cc(F)cc(CCC(=O)O)c1)c1cnc(-c2cc(Oc3c(F)cc4[nH]ccc4c3F)ccc2F)[nH]1. The Morgan fingerprint density at radius 2 is 1.85 bits per heavy atom. The number of carboxylic acid groups (broad SMARTS) is 1. The number of benzene rings is 3. The third-order valence-electron chi connectivity index (χ3n) is 6.36. The molecule has 39 heavy (non-hydrogen) atoms. The first kappa shape index (κ1) is 26.0. The van der Waals surface area contributed by atoms with Crippen LogP contribution in [0.25, 0.3) is 22.3 Å². The van der Waals surface area contributed by atoms with E-state index in [0.717, 1.165) is 18.2 Å². The van der Waals surface area contributed by atoms with Gasteiger partial charge in [0.05, 0.1) is 23.0 Å². The third-order valence-corrected chi connectivity index (χ3v) is 6.36. The number of H-pyrrole nitrogens is 2. The van der Waals surface area contributed by atoms with Gasteiger partial charge in [0.2, 0.25) is 0 Å². The molecule has 200 valence electrons. The number of nitrogens with one attached hydrogen (secondary N) is 2. The van der Waals surface area contributed by atoms with Gasteiger partial charge in [-0.1, -0.05) is 6.07 Å². The van der Waals surface area contributed by atoms with E-state index in [9.17, 15) is 27.5 Å². The molecule has 0 fully saturated rings. The van der Waals surface area contributed by atoms with Gasteiger partial charge in [0.15, 0.2) is 17.4 Å². The van der Waals surface area contributed by atoms with E-state index in [1.54, 1.807) is 0 Å². The highest BCUT2D eigenvalue weighted by Gasteiger charge is 2.30. The van der Waals surface area contributed by atoms with Crippen LogP contribution in [0.5, 0.6) is 11.5 Å². The first-order valence-corrected chi connectivity index (χ1v) is 11.8. The molecule has 0 amide bonds. The van der Waals surface area contributed by atoms with Crippen molar-refractivity contribution >= 4 is 16.9 Å². The van der Waals surface area contributed by atoms with E-state index in [1.807, 2.05) is 0 Å². The van der Waals surface area contributed by atoms with Crippen molar-refractivity contribution in [2.75, 3.05) is 0 Å². The Morgan fingerprint density at radius 3 is 2.62 bits per heavy atom. The molecule has 7 nitrogen and oxygen atoms in total. The number of hydrogen-bond donors (Lipinski definition) is 4. The molecule has 2 aromatic heterocycles. The number of ether oxygens (including phenoxy) is 1. The Balaban J connectivity index is 1.45. The number of halogens is 4. The van der Waals surface area contributed by atoms with Gasteiger partial charge in [0.25, 0.3) is 0 Å². The minimum atomic E-state index is -1.81. The summed E-state index contributed by atoms with van der Waals surface area (Å²) in [4.78, 5) is 20.5. The van der Waals surface area contributed by atoms with Crippen molar-refractivity contribution in [2.24, 2.45) is 0 Å². The second-order valence-corrected chi connectivity index (χ2v) is 9.14. The number of carbonyl (C=O) groups is 1. The molecular weight excluding hydrogens is 518 g/mol. The number of imidazole rings is 1. The van der Waals surface area contributed by atoms with Crippen molar-refractivity contribution in [2.45, 2.75) is 25.4 Å². The maximum atomic E-state index is 14.8. The van der Waals surface area contributed by atoms with Crippen LogP contribution in [0.15, 0.2) is 60.9 Å². The average molecular weight is 539 g/mol. The van der Waals surface area contributed by atoms with Gasteiger partial charge in [-0.25, -0.2) is 22.5 Å². The smallest absolute Gasteiger partial charge is 0.303 e. The van der Waals surface area contributed by atoms with Gasteiger partial charge in [0, 0.05) is 24.1 Å². The van der Waals surface area contributed by atoms with Crippen molar-refractivity contribution in [3.8, 4) is 22.9 Å². The summed E-state index contributed by atoms with van der Waals surface area (Å²) in [5.74, 6) is -5.08. The molecule has 0 saturated carbocycles. The highest BCUT2D eigenvalue weighted by molar-refractivity contribution is 5.82. The molecule has 3 aromatic carbocycles. The zero-order valence-corrected chi connectivity index (χ0v) is 20.4. The number of hydrogen-bond acceptors (Lipinski definition) is 4. The molecule has 1 atom stereocenters. The summed E-state index contributed by atoms with van der Waals surface area (Å²) in [5, 5.41) is 20.3. The third kappa shape index (κ3) is 5.08. The standard InChI is InChI=1S/C28H21F4N3O4/c1-28(38,15-8-14(2-5-24(36)37)9-16(29)10-15)23-13-34-27(35-23)19-11-17(3-4-20(19)30)39-26-21(31)12-22-18(25(26)32)6-7-33-22/h3-4,6-13,33,38H,2,5H2,1H3,(H,34,35)(H,36,37). The van der Waals surface area contributed by atoms with Crippen LogP contribution in [0, 0.1) is 23.3 Å². The van der Waals surface area contributed by atoms with Gasteiger partial charge in [-0.15, -0.1) is 0 Å². The van der Waals surface area contributed by atoms with Crippen LogP contribution in [0.2, 0.25) is 0 Å². The van der Waals surface area contributed by atoms with Crippen LogP contribution >= 0.6 is 0 Å². The Bertz CT molecular complexity index is 1710. The van der Waals surface area contributed by atoms with Gasteiger partial charge in [0.1, 0.15) is 28.8 Å². The van der Waals surface area contributed by atoms with E-state index in [1.165, 1.54) is 49.6 Å². The molecule has 0 aliphatic rings. The molecule has 0 saturated heterocycles. The summed E-state index contributed by atoms with van der Waals surface area (Å²) in [6.45, 7) is 1.37. The first-order valence-electron chi connectivity index (χ1n) is 11.8. The lowest BCUT2D eigenvalue weighted by Crippen LogP contribution is -2.24. The summed E-state index contributed by atoms with van der Waals surface area (Å²) >= 11 is 0. The van der Waals surface area contributed by atoms with Crippen LogP contribution in [0.4, 0.5) is 17.6 Å². The van der Waals surface area contributed by atoms with E-state index in [2.05, 4.69) is 15.0 Å². The highest BCUT2D eigenvalue weighted by Crippen LogP contribution is 2.36. The Hall–Kier alpha value is -4.64. The minimum Gasteiger partial charge on any atom is -0.481 e. The topological polar surface area (TPSA) is 111 Å². The van der Waals surface area contributed by atoms with E-state index in [4.69, 9.17) is 9.84 Å². The summed E-state index contributed by atoms with van der Waals surface area (Å²) < 4.78 is 63.8. The van der Waals surface area contributed by atoms with Gasteiger partial charge in [-0.2, -0.15) is 0 Å². The maximum Gasteiger partial charge on any atom is 0.303 e. The average Bonchev–Trinajstić information content (AvgIpc) is 3.56. The van der Waals surface area contributed by atoms with Gasteiger partial charge in [-0.05, 0) is 60.9 Å². The number of carboxylic acids is 1. The van der Waals surface area contributed by atoms with E-state index < -0.39 is 40.6 Å². The monoisotopic (exact) mass is 539 g/mol. The second kappa shape index (κ2) is 9.91. The molecule has 5 aromatic rings. The predicted octanol–water partition coefficient (Wildman–Crippen LogP) is 6.18. The lowest BCUT2D eigenvalue weighted by molar-refractivity contribution is -0.136. The molecule has 5 rings (SSSR count). The molecule has 0 aliphatic carbocycles. The summed E-state index contributed by atoms with van der Waals surface area (Å²) in [6.07, 6.45) is 2.53. The predicted molar refractivity (Wildman–Crippen MR) is 133 cm³/mol. The van der Waals surface area contributed by atoms with Crippen molar-refractivity contribution in [1.29, 1.82) is 0 Å². The molecule has 11 heteroatoms. The summed E-state index contributed by atoms with van der Waals surface area (Å²) in [5.41, 5.74) is -1.08. The largest absolute Gasteiger partial charge is 0.481 e. The molecule has 0 aliphatic heterocycles.